The molecule has 3 heterocycles. The monoisotopic (exact) mass is 659 g/mol. The van der Waals surface area contributed by atoms with E-state index in [1.165, 1.54) is 54.9 Å². The number of imide groups is 1. The molecule has 2 unspecified atom stereocenters. The molecule has 1 N–H and O–H groups in total. The average Bonchev–Trinajstić information content (AvgIpc) is 2.98. The van der Waals surface area contributed by atoms with Gasteiger partial charge < -0.3 is 4.90 Å². The van der Waals surface area contributed by atoms with E-state index in [1.54, 1.807) is 17.9 Å². The first-order valence-corrected chi connectivity index (χ1v) is 18.0. The summed E-state index contributed by atoms with van der Waals surface area (Å²) in [5.41, 5.74) is 0.539. The maximum absolute atomic E-state index is 14.3. The minimum atomic E-state index is -4.28. The Balaban J connectivity index is 0.970. The molecule has 6 aliphatic rings. The molecule has 8 nitrogen and oxygen atoms in total. The van der Waals surface area contributed by atoms with Gasteiger partial charge >= 0.3 is 6.18 Å². The first-order valence-electron chi connectivity index (χ1n) is 17.0. The Labute approximate surface area is 271 Å². The molecule has 12 heteroatoms. The van der Waals surface area contributed by atoms with E-state index < -0.39 is 24.2 Å². The van der Waals surface area contributed by atoms with Gasteiger partial charge in [0.25, 0.3) is 5.56 Å². The van der Waals surface area contributed by atoms with Crippen molar-refractivity contribution < 1.29 is 22.8 Å². The number of fused-ring (bicyclic) bond motifs is 1. The van der Waals surface area contributed by atoms with E-state index in [4.69, 9.17) is 0 Å². The van der Waals surface area contributed by atoms with Crippen molar-refractivity contribution in [3.63, 3.8) is 0 Å². The standard InChI is InChI=1S/C34H44F3N5O3S/c1-21-38-25-4-2-5-27(30(25)32(45)42(21)26-6-7-29(43)39-31(26)44)46-13-3-9-41-12-11-40(20-28(41)34(35,36)37)10-8-33-17-22-14-23(18-33)16-24(15-22)19-33/h2,4-5,22-24,26,28H,3,6-20H2,1H3,(H,39,43,44). The fourth-order valence-corrected chi connectivity index (χ4v) is 10.8. The number of thioether (sulfide) groups is 1. The molecule has 4 bridgehead atoms. The molecule has 1 aromatic carbocycles. The average molecular weight is 660 g/mol. The smallest absolute Gasteiger partial charge is 0.300 e. The zero-order chi connectivity index (χ0) is 32.2. The molecule has 2 saturated heterocycles. The van der Waals surface area contributed by atoms with Crippen LogP contribution in [0.25, 0.3) is 10.9 Å². The second-order valence-corrected chi connectivity index (χ2v) is 15.9. The van der Waals surface area contributed by atoms with E-state index in [2.05, 4.69) is 15.2 Å². The van der Waals surface area contributed by atoms with Crippen LogP contribution in [0.1, 0.15) is 76.1 Å². The van der Waals surface area contributed by atoms with Crippen molar-refractivity contribution in [3.05, 3.63) is 34.4 Å². The molecule has 2 atom stereocenters. The number of carbonyl (C=O) groups excluding carboxylic acids is 2. The van der Waals surface area contributed by atoms with Gasteiger partial charge in [0.05, 0.1) is 10.9 Å². The van der Waals surface area contributed by atoms with Gasteiger partial charge in [0, 0.05) is 31.0 Å². The predicted molar refractivity (Wildman–Crippen MR) is 171 cm³/mol. The summed E-state index contributed by atoms with van der Waals surface area (Å²) in [6.07, 6.45) is 5.67. The van der Waals surface area contributed by atoms with E-state index in [0.717, 1.165) is 30.7 Å². The van der Waals surface area contributed by atoms with Crippen LogP contribution in [0.2, 0.25) is 0 Å². The topological polar surface area (TPSA) is 87.5 Å². The summed E-state index contributed by atoms with van der Waals surface area (Å²) in [4.78, 5) is 46.9. The third kappa shape index (κ3) is 6.38. The molecule has 4 saturated carbocycles. The number of amides is 2. The number of aromatic nitrogens is 2. The third-order valence-electron chi connectivity index (χ3n) is 11.5. The van der Waals surface area contributed by atoms with Gasteiger partial charge in [-0.2, -0.15) is 13.2 Å². The highest BCUT2D eigenvalue weighted by Crippen LogP contribution is 2.61. The number of nitrogens with one attached hydrogen (secondary N) is 1. The summed E-state index contributed by atoms with van der Waals surface area (Å²) < 4.78 is 44.3. The van der Waals surface area contributed by atoms with Gasteiger partial charge in [-0.25, -0.2) is 4.98 Å². The fourth-order valence-electron chi connectivity index (χ4n) is 9.84. The summed E-state index contributed by atoms with van der Waals surface area (Å²) in [5.74, 6) is 2.62. The minimum Gasteiger partial charge on any atom is -0.300 e. The lowest BCUT2D eigenvalue weighted by Crippen LogP contribution is -2.59. The molecule has 4 aliphatic carbocycles. The largest absolute Gasteiger partial charge is 0.405 e. The molecule has 6 fully saturated rings. The van der Waals surface area contributed by atoms with E-state index in [9.17, 15) is 27.6 Å². The number of alkyl halides is 3. The van der Waals surface area contributed by atoms with Crippen molar-refractivity contribution in [3.8, 4) is 0 Å². The predicted octanol–water partition coefficient (Wildman–Crippen LogP) is 5.32. The SMILES string of the molecule is Cc1nc2cccc(SCCCN3CCN(CCC45CC6CC(CC(C6)C4)C5)CC3C(F)(F)F)c2c(=O)n1C1CCC(=O)NC1=O. The van der Waals surface area contributed by atoms with Crippen molar-refractivity contribution >= 4 is 34.5 Å². The van der Waals surface area contributed by atoms with Gasteiger partial charge in [-0.3, -0.25) is 29.2 Å². The number of hydrogen-bond acceptors (Lipinski definition) is 7. The van der Waals surface area contributed by atoms with Gasteiger partial charge in [0.15, 0.2) is 0 Å². The molecule has 0 spiro atoms. The van der Waals surface area contributed by atoms with Crippen molar-refractivity contribution in [2.45, 2.75) is 94.3 Å². The Morgan fingerprint density at radius 1 is 1.02 bits per heavy atom. The number of benzene rings is 1. The van der Waals surface area contributed by atoms with Crippen LogP contribution in [0.5, 0.6) is 0 Å². The van der Waals surface area contributed by atoms with Gasteiger partial charge in [-0.1, -0.05) is 6.07 Å². The molecule has 46 heavy (non-hydrogen) atoms. The molecule has 2 aliphatic heterocycles. The molecule has 8 rings (SSSR count). The molecular weight excluding hydrogens is 615 g/mol. The fraction of sp³-hybridized carbons (Fsp3) is 0.706. The zero-order valence-corrected chi connectivity index (χ0v) is 27.3. The second kappa shape index (κ2) is 12.5. The molecule has 2 amide bonds. The summed E-state index contributed by atoms with van der Waals surface area (Å²) in [7, 11) is 0. The van der Waals surface area contributed by atoms with Gasteiger partial charge in [0.2, 0.25) is 11.8 Å². The van der Waals surface area contributed by atoms with E-state index in [1.807, 2.05) is 12.1 Å². The van der Waals surface area contributed by atoms with Gasteiger partial charge in [-0.05, 0) is 119 Å². The molecule has 2 aromatic rings. The zero-order valence-electron chi connectivity index (χ0n) is 26.5. The van der Waals surface area contributed by atoms with Crippen LogP contribution in [0.4, 0.5) is 13.2 Å². The number of carbonyl (C=O) groups is 2. The lowest BCUT2D eigenvalue weighted by atomic mass is 9.49. The van der Waals surface area contributed by atoms with Crippen molar-refractivity contribution in [1.29, 1.82) is 0 Å². The Morgan fingerprint density at radius 3 is 2.41 bits per heavy atom. The van der Waals surface area contributed by atoms with Crippen LogP contribution in [0.15, 0.2) is 27.9 Å². The summed E-state index contributed by atoms with van der Waals surface area (Å²) in [6.45, 7) is 3.89. The molecule has 1 aromatic heterocycles. The summed E-state index contributed by atoms with van der Waals surface area (Å²) in [6, 6.07) is 3.11. The van der Waals surface area contributed by atoms with Crippen molar-refractivity contribution in [2.75, 3.05) is 38.5 Å². The Kier molecular flexibility index (Phi) is 8.76. The minimum absolute atomic E-state index is 0.0389. The normalized spacial score (nSPS) is 32.0. The number of piperazine rings is 1. The molecule has 250 valence electrons. The van der Waals surface area contributed by atoms with Crippen LogP contribution in [-0.2, 0) is 9.59 Å². The third-order valence-corrected chi connectivity index (χ3v) is 12.7. The number of hydrogen-bond donors (Lipinski definition) is 1. The van der Waals surface area contributed by atoms with E-state index in [0.29, 0.717) is 58.8 Å². The lowest BCUT2D eigenvalue weighted by molar-refractivity contribution is -0.197. The van der Waals surface area contributed by atoms with E-state index >= 15 is 0 Å². The number of halogens is 3. The lowest BCUT2D eigenvalue weighted by Gasteiger charge is -2.57. The van der Waals surface area contributed by atoms with Gasteiger partial charge in [-0.15, -0.1) is 11.8 Å². The Morgan fingerprint density at radius 2 is 1.74 bits per heavy atom. The molecular formula is C34H44F3N5O3S. The Hall–Kier alpha value is -2.44. The van der Waals surface area contributed by atoms with Crippen LogP contribution in [0, 0.1) is 30.1 Å². The first kappa shape index (κ1) is 32.1. The van der Waals surface area contributed by atoms with E-state index in [-0.39, 0.29) is 30.9 Å². The molecule has 0 radical (unpaired) electrons. The Bertz CT molecular complexity index is 1530. The first-order chi connectivity index (χ1) is 22.0. The highest BCUT2D eigenvalue weighted by molar-refractivity contribution is 7.99. The van der Waals surface area contributed by atoms with Gasteiger partial charge in [0.1, 0.15) is 17.9 Å². The van der Waals surface area contributed by atoms with Crippen LogP contribution >= 0.6 is 11.8 Å². The number of nitrogens with zero attached hydrogens (tertiary/aromatic N) is 4. The van der Waals surface area contributed by atoms with Crippen LogP contribution in [-0.4, -0.2) is 81.9 Å². The summed E-state index contributed by atoms with van der Waals surface area (Å²) in [5, 5.41) is 2.70. The number of aryl methyl sites for hydroxylation is 1. The maximum Gasteiger partial charge on any atom is 0.405 e. The van der Waals surface area contributed by atoms with Crippen molar-refractivity contribution in [1.82, 2.24) is 24.7 Å². The number of piperidine rings is 1. The highest BCUT2D eigenvalue weighted by atomic mass is 32.2. The summed E-state index contributed by atoms with van der Waals surface area (Å²) >= 11 is 1.43. The maximum atomic E-state index is 14.3. The van der Waals surface area contributed by atoms with Crippen LogP contribution in [0.3, 0.4) is 0 Å². The van der Waals surface area contributed by atoms with Crippen LogP contribution < -0.4 is 10.9 Å². The quantitative estimate of drug-likeness (QED) is 0.222. The number of rotatable bonds is 9. The van der Waals surface area contributed by atoms with Crippen molar-refractivity contribution in [2.24, 2.45) is 23.2 Å². The second-order valence-electron chi connectivity index (χ2n) is 14.7. The highest BCUT2D eigenvalue weighted by Gasteiger charge is 2.51.